The van der Waals surface area contributed by atoms with Gasteiger partial charge in [0.2, 0.25) is 5.91 Å². The molecule has 0 aliphatic rings. The zero-order valence-corrected chi connectivity index (χ0v) is 12.7. The second kappa shape index (κ2) is 6.09. The Morgan fingerprint density at radius 2 is 1.79 bits per heavy atom. The number of carbonyl (C=O) groups is 1. The summed E-state index contributed by atoms with van der Waals surface area (Å²) >= 11 is 0. The maximum atomic E-state index is 12.2. The van der Waals surface area contributed by atoms with Crippen molar-refractivity contribution in [3.63, 3.8) is 0 Å². The zero-order chi connectivity index (χ0) is 14.6. The highest BCUT2D eigenvalue weighted by atomic mass is 16.2. The van der Waals surface area contributed by atoms with Gasteiger partial charge >= 0.3 is 0 Å². The van der Waals surface area contributed by atoms with Crippen LogP contribution >= 0.6 is 0 Å². The van der Waals surface area contributed by atoms with Gasteiger partial charge in [0.05, 0.1) is 0 Å². The van der Waals surface area contributed by atoms with E-state index in [2.05, 4.69) is 27.7 Å². The first-order valence-electron chi connectivity index (χ1n) is 6.82. The fourth-order valence-electron chi connectivity index (χ4n) is 1.91. The second-order valence-corrected chi connectivity index (χ2v) is 6.29. The van der Waals surface area contributed by atoms with Crippen molar-refractivity contribution in [2.24, 2.45) is 5.41 Å². The summed E-state index contributed by atoms with van der Waals surface area (Å²) in [6.45, 7) is 8.56. The van der Waals surface area contributed by atoms with E-state index in [-0.39, 0.29) is 17.4 Å². The van der Waals surface area contributed by atoms with E-state index in [1.54, 1.807) is 0 Å². The van der Waals surface area contributed by atoms with Crippen LogP contribution in [0.5, 0.6) is 0 Å². The van der Waals surface area contributed by atoms with Crippen LogP contribution in [-0.2, 0) is 11.2 Å². The minimum absolute atomic E-state index is 0.103. The average molecular weight is 262 g/mol. The normalized spacial score (nSPS) is 13.1. The summed E-state index contributed by atoms with van der Waals surface area (Å²) in [4.78, 5) is 14.0. The summed E-state index contributed by atoms with van der Waals surface area (Å²) in [5, 5.41) is 0. The molecule has 0 aromatic heterocycles. The number of carbonyl (C=O) groups excluding carboxylic acids is 1. The lowest BCUT2D eigenvalue weighted by atomic mass is 9.87. The van der Waals surface area contributed by atoms with Gasteiger partial charge in [0.15, 0.2) is 0 Å². The quantitative estimate of drug-likeness (QED) is 0.848. The molecule has 0 fully saturated rings. The van der Waals surface area contributed by atoms with Crippen molar-refractivity contribution in [3.8, 4) is 0 Å². The highest BCUT2D eigenvalue weighted by Gasteiger charge is 2.26. The number of benzene rings is 1. The summed E-state index contributed by atoms with van der Waals surface area (Å²) in [6.07, 6.45) is 1.31. The zero-order valence-electron chi connectivity index (χ0n) is 12.7. The predicted octanol–water partition coefficient (Wildman–Crippen LogP) is 3.09. The highest BCUT2D eigenvalue weighted by molar-refractivity contribution is 5.76. The van der Waals surface area contributed by atoms with Crippen molar-refractivity contribution in [1.29, 1.82) is 0 Å². The molecular formula is C16H26N2O. The Labute approximate surface area is 116 Å². The number of aryl methyl sites for hydroxylation is 1. The standard InChI is InChI=1S/C16H26N2O/c1-12(16(2,3)4)18(5)15(19)11-8-13-6-9-14(17)10-7-13/h6-7,9-10,12H,8,11,17H2,1-5H3. The molecular weight excluding hydrogens is 236 g/mol. The fourth-order valence-corrected chi connectivity index (χ4v) is 1.91. The van der Waals surface area contributed by atoms with Crippen LogP contribution in [0.2, 0.25) is 0 Å². The fraction of sp³-hybridized carbons (Fsp3) is 0.562. The van der Waals surface area contributed by atoms with Crippen molar-refractivity contribution < 1.29 is 4.79 Å². The van der Waals surface area contributed by atoms with Crippen molar-refractivity contribution in [3.05, 3.63) is 29.8 Å². The average Bonchev–Trinajstić information content (AvgIpc) is 2.34. The third-order valence-corrected chi connectivity index (χ3v) is 3.83. The lowest BCUT2D eigenvalue weighted by molar-refractivity contribution is -0.133. The molecule has 3 heteroatoms. The van der Waals surface area contributed by atoms with Gasteiger partial charge in [-0.15, -0.1) is 0 Å². The van der Waals surface area contributed by atoms with Gasteiger partial charge in [-0.2, -0.15) is 0 Å². The maximum absolute atomic E-state index is 12.2. The Bertz CT molecular complexity index is 417. The first-order valence-corrected chi connectivity index (χ1v) is 6.82. The molecule has 1 amide bonds. The van der Waals surface area contributed by atoms with E-state index >= 15 is 0 Å². The van der Waals surface area contributed by atoms with Gasteiger partial charge in [0.1, 0.15) is 0 Å². The van der Waals surface area contributed by atoms with Crippen LogP contribution in [0.1, 0.15) is 39.7 Å². The Morgan fingerprint density at radius 3 is 2.26 bits per heavy atom. The monoisotopic (exact) mass is 262 g/mol. The predicted molar refractivity (Wildman–Crippen MR) is 80.9 cm³/mol. The van der Waals surface area contributed by atoms with Crippen LogP contribution in [0.4, 0.5) is 5.69 Å². The van der Waals surface area contributed by atoms with Crippen LogP contribution in [0.15, 0.2) is 24.3 Å². The summed E-state index contributed by atoms with van der Waals surface area (Å²) in [6, 6.07) is 7.94. The van der Waals surface area contributed by atoms with Crippen LogP contribution < -0.4 is 5.73 Å². The number of hydrogen-bond acceptors (Lipinski definition) is 2. The molecule has 3 nitrogen and oxygen atoms in total. The van der Waals surface area contributed by atoms with Crippen molar-refractivity contribution in [1.82, 2.24) is 4.90 Å². The number of nitrogens with zero attached hydrogens (tertiary/aromatic N) is 1. The third-order valence-electron chi connectivity index (χ3n) is 3.83. The van der Waals surface area contributed by atoms with E-state index in [1.807, 2.05) is 36.2 Å². The van der Waals surface area contributed by atoms with E-state index in [0.717, 1.165) is 17.7 Å². The van der Waals surface area contributed by atoms with Crippen LogP contribution in [0.3, 0.4) is 0 Å². The molecule has 19 heavy (non-hydrogen) atoms. The first-order chi connectivity index (χ1) is 8.71. The van der Waals surface area contributed by atoms with Crippen LogP contribution in [-0.4, -0.2) is 23.9 Å². The number of hydrogen-bond donors (Lipinski definition) is 1. The topological polar surface area (TPSA) is 46.3 Å². The van der Waals surface area contributed by atoms with Gasteiger partial charge in [-0.1, -0.05) is 32.9 Å². The molecule has 0 radical (unpaired) electrons. The molecule has 0 aliphatic heterocycles. The molecule has 0 heterocycles. The van der Waals surface area contributed by atoms with E-state index in [9.17, 15) is 4.79 Å². The first kappa shape index (κ1) is 15.5. The molecule has 0 spiro atoms. The van der Waals surface area contributed by atoms with Crippen molar-refractivity contribution in [2.45, 2.75) is 46.6 Å². The van der Waals surface area contributed by atoms with E-state index in [1.165, 1.54) is 0 Å². The maximum Gasteiger partial charge on any atom is 0.222 e. The van der Waals surface area contributed by atoms with Gasteiger partial charge in [-0.3, -0.25) is 4.79 Å². The van der Waals surface area contributed by atoms with Crippen LogP contribution in [0, 0.1) is 5.41 Å². The Hall–Kier alpha value is -1.51. The van der Waals surface area contributed by atoms with Crippen molar-refractivity contribution >= 4 is 11.6 Å². The molecule has 1 atom stereocenters. The minimum Gasteiger partial charge on any atom is -0.399 e. The summed E-state index contributed by atoms with van der Waals surface area (Å²) in [5.41, 5.74) is 7.66. The van der Waals surface area contributed by atoms with E-state index in [0.29, 0.717) is 6.42 Å². The molecule has 106 valence electrons. The smallest absolute Gasteiger partial charge is 0.222 e. The lowest BCUT2D eigenvalue weighted by Crippen LogP contribution is -2.43. The van der Waals surface area contributed by atoms with Crippen molar-refractivity contribution in [2.75, 3.05) is 12.8 Å². The van der Waals surface area contributed by atoms with Crippen LogP contribution in [0.25, 0.3) is 0 Å². The second-order valence-electron chi connectivity index (χ2n) is 6.29. The molecule has 0 bridgehead atoms. The Balaban J connectivity index is 2.53. The summed E-state index contributed by atoms with van der Waals surface area (Å²) < 4.78 is 0. The summed E-state index contributed by atoms with van der Waals surface area (Å²) in [7, 11) is 1.89. The Morgan fingerprint density at radius 1 is 1.26 bits per heavy atom. The molecule has 1 aromatic carbocycles. The minimum atomic E-state index is 0.103. The van der Waals surface area contributed by atoms with Gasteiger partial charge in [0.25, 0.3) is 0 Å². The number of rotatable bonds is 4. The number of nitrogens with two attached hydrogens (primary N) is 1. The molecule has 0 saturated carbocycles. The van der Waals surface area contributed by atoms with E-state index < -0.39 is 0 Å². The molecule has 1 unspecified atom stereocenters. The largest absolute Gasteiger partial charge is 0.399 e. The van der Waals surface area contributed by atoms with Gasteiger partial charge in [-0.25, -0.2) is 0 Å². The van der Waals surface area contributed by atoms with E-state index in [4.69, 9.17) is 5.73 Å². The van der Waals surface area contributed by atoms with Gasteiger partial charge in [-0.05, 0) is 36.5 Å². The molecule has 2 N–H and O–H groups in total. The molecule has 1 rings (SSSR count). The number of nitrogen functional groups attached to an aromatic ring is 1. The van der Waals surface area contributed by atoms with Gasteiger partial charge < -0.3 is 10.6 Å². The molecule has 1 aromatic rings. The third kappa shape index (κ3) is 4.58. The SMILES string of the molecule is CC(N(C)C(=O)CCc1ccc(N)cc1)C(C)(C)C. The summed E-state index contributed by atoms with van der Waals surface area (Å²) in [5.74, 6) is 0.194. The highest BCUT2D eigenvalue weighted by Crippen LogP contribution is 2.23. The lowest BCUT2D eigenvalue weighted by Gasteiger charge is -2.35. The number of amides is 1. The number of anilines is 1. The van der Waals surface area contributed by atoms with Gasteiger partial charge in [0, 0.05) is 25.2 Å². The molecule has 0 saturated heterocycles. The molecule has 0 aliphatic carbocycles. The Kier molecular flexibility index (Phi) is 4.98.